The SMILES string of the molecule is CSc1ncccc1C(=O)OCC(=O)Nc1ccc(C)cc1Br. The van der Waals surface area contributed by atoms with Crippen molar-refractivity contribution in [2.75, 3.05) is 18.2 Å². The molecule has 0 saturated carbocycles. The fraction of sp³-hybridized carbons (Fsp3) is 0.188. The lowest BCUT2D eigenvalue weighted by molar-refractivity contribution is -0.119. The molecular weight excluding hydrogens is 380 g/mol. The Hall–Kier alpha value is -1.86. The minimum atomic E-state index is -0.569. The molecule has 5 nitrogen and oxygen atoms in total. The smallest absolute Gasteiger partial charge is 0.341 e. The van der Waals surface area contributed by atoms with Gasteiger partial charge in [-0.25, -0.2) is 9.78 Å². The van der Waals surface area contributed by atoms with Crippen LogP contribution in [-0.4, -0.2) is 29.7 Å². The van der Waals surface area contributed by atoms with Gasteiger partial charge >= 0.3 is 5.97 Å². The van der Waals surface area contributed by atoms with Crippen LogP contribution >= 0.6 is 27.7 Å². The molecule has 2 rings (SSSR count). The first-order valence-corrected chi connectivity index (χ1v) is 8.75. The molecule has 0 aliphatic heterocycles. The Balaban J connectivity index is 1.95. The summed E-state index contributed by atoms with van der Waals surface area (Å²) in [6.07, 6.45) is 3.42. The lowest BCUT2D eigenvalue weighted by atomic mass is 10.2. The number of hydrogen-bond donors (Lipinski definition) is 1. The van der Waals surface area contributed by atoms with E-state index in [1.54, 1.807) is 24.4 Å². The van der Waals surface area contributed by atoms with E-state index < -0.39 is 11.9 Å². The van der Waals surface area contributed by atoms with Gasteiger partial charge in [0.25, 0.3) is 5.91 Å². The molecule has 0 spiro atoms. The van der Waals surface area contributed by atoms with Gasteiger partial charge in [-0.3, -0.25) is 4.79 Å². The van der Waals surface area contributed by atoms with Crippen molar-refractivity contribution in [3.05, 3.63) is 52.1 Å². The first-order valence-electron chi connectivity index (χ1n) is 6.73. The average molecular weight is 395 g/mol. The molecule has 0 atom stereocenters. The van der Waals surface area contributed by atoms with Crippen molar-refractivity contribution >= 4 is 45.3 Å². The number of rotatable bonds is 5. The largest absolute Gasteiger partial charge is 0.452 e. The van der Waals surface area contributed by atoms with Crippen LogP contribution in [0, 0.1) is 6.92 Å². The fourth-order valence-electron chi connectivity index (χ4n) is 1.83. The zero-order valence-electron chi connectivity index (χ0n) is 12.6. The van der Waals surface area contributed by atoms with Crippen molar-refractivity contribution in [1.82, 2.24) is 4.98 Å². The first-order chi connectivity index (χ1) is 11.0. The number of halogens is 1. The van der Waals surface area contributed by atoms with Crippen LogP contribution in [0.3, 0.4) is 0 Å². The Morgan fingerprint density at radius 2 is 2.13 bits per heavy atom. The van der Waals surface area contributed by atoms with Crippen LogP contribution in [0.25, 0.3) is 0 Å². The number of thioether (sulfide) groups is 1. The number of benzene rings is 1. The maximum atomic E-state index is 12.0. The van der Waals surface area contributed by atoms with Gasteiger partial charge < -0.3 is 10.1 Å². The van der Waals surface area contributed by atoms with Crippen LogP contribution < -0.4 is 5.32 Å². The molecule has 1 heterocycles. The van der Waals surface area contributed by atoms with Crippen LogP contribution in [0.4, 0.5) is 5.69 Å². The van der Waals surface area contributed by atoms with Gasteiger partial charge in [0.05, 0.1) is 11.3 Å². The van der Waals surface area contributed by atoms with E-state index in [2.05, 4.69) is 26.2 Å². The quantitative estimate of drug-likeness (QED) is 0.618. The van der Waals surface area contributed by atoms with Gasteiger partial charge in [-0.1, -0.05) is 6.07 Å². The summed E-state index contributed by atoms with van der Waals surface area (Å²) >= 11 is 4.72. The highest BCUT2D eigenvalue weighted by Gasteiger charge is 2.15. The molecule has 2 aromatic rings. The molecular formula is C16H15BrN2O3S. The highest BCUT2D eigenvalue weighted by molar-refractivity contribution is 9.10. The minimum Gasteiger partial charge on any atom is -0.452 e. The Morgan fingerprint density at radius 1 is 1.35 bits per heavy atom. The molecule has 1 N–H and O–H groups in total. The van der Waals surface area contributed by atoms with Gasteiger partial charge in [0, 0.05) is 10.7 Å². The molecule has 0 unspecified atom stereocenters. The standard InChI is InChI=1S/C16H15BrN2O3S/c1-10-5-6-13(12(17)8-10)19-14(20)9-22-16(21)11-4-3-7-18-15(11)23-2/h3-8H,9H2,1-2H3,(H,19,20). The summed E-state index contributed by atoms with van der Waals surface area (Å²) in [4.78, 5) is 28.0. The summed E-state index contributed by atoms with van der Waals surface area (Å²) in [5.41, 5.74) is 2.05. The Bertz CT molecular complexity index is 737. The Morgan fingerprint density at radius 3 is 2.83 bits per heavy atom. The number of pyridine rings is 1. The number of ether oxygens (including phenoxy) is 1. The van der Waals surface area contributed by atoms with E-state index in [0.717, 1.165) is 10.0 Å². The van der Waals surface area contributed by atoms with Crippen molar-refractivity contribution in [2.24, 2.45) is 0 Å². The molecule has 0 aliphatic rings. The number of nitrogens with zero attached hydrogens (tertiary/aromatic N) is 1. The second-order valence-corrected chi connectivity index (χ2v) is 6.32. The second kappa shape index (κ2) is 8.12. The van der Waals surface area contributed by atoms with E-state index >= 15 is 0 Å². The molecule has 7 heteroatoms. The topological polar surface area (TPSA) is 68.3 Å². The minimum absolute atomic E-state index is 0.351. The molecule has 0 fully saturated rings. The summed E-state index contributed by atoms with van der Waals surface area (Å²) in [5.74, 6) is -0.974. The number of nitrogens with one attached hydrogen (secondary N) is 1. The molecule has 1 amide bonds. The average Bonchev–Trinajstić information content (AvgIpc) is 2.55. The number of esters is 1. The molecule has 0 aliphatic carbocycles. The first kappa shape index (κ1) is 17.5. The van der Waals surface area contributed by atoms with Gasteiger partial charge in [-0.05, 0) is 58.9 Å². The lowest BCUT2D eigenvalue weighted by Crippen LogP contribution is -2.21. The third kappa shape index (κ3) is 4.80. The van der Waals surface area contributed by atoms with E-state index in [0.29, 0.717) is 16.3 Å². The highest BCUT2D eigenvalue weighted by atomic mass is 79.9. The van der Waals surface area contributed by atoms with Crippen LogP contribution in [0.15, 0.2) is 46.0 Å². The monoisotopic (exact) mass is 394 g/mol. The predicted molar refractivity (Wildman–Crippen MR) is 93.8 cm³/mol. The number of anilines is 1. The summed E-state index contributed by atoms with van der Waals surface area (Å²) in [6.45, 7) is 1.59. The normalized spacial score (nSPS) is 10.2. The van der Waals surface area contributed by atoms with Crippen molar-refractivity contribution in [2.45, 2.75) is 11.9 Å². The molecule has 1 aromatic carbocycles. The van der Waals surface area contributed by atoms with Gasteiger partial charge in [0.2, 0.25) is 0 Å². The number of aryl methyl sites for hydroxylation is 1. The Labute approximate surface area is 147 Å². The van der Waals surface area contributed by atoms with Crippen molar-refractivity contribution in [3.63, 3.8) is 0 Å². The van der Waals surface area contributed by atoms with Crippen LogP contribution in [0.1, 0.15) is 15.9 Å². The molecule has 120 valence electrons. The molecule has 0 saturated heterocycles. The predicted octanol–water partition coefficient (Wildman–Crippen LogP) is 3.67. The van der Waals surface area contributed by atoms with Crippen molar-refractivity contribution in [1.29, 1.82) is 0 Å². The summed E-state index contributed by atoms with van der Waals surface area (Å²) in [5, 5.41) is 3.26. The third-order valence-corrected chi connectivity index (χ3v) is 4.29. The number of carbonyl (C=O) groups is 2. The maximum Gasteiger partial charge on any atom is 0.341 e. The van der Waals surface area contributed by atoms with Crippen molar-refractivity contribution < 1.29 is 14.3 Å². The molecule has 0 bridgehead atoms. The van der Waals surface area contributed by atoms with Crippen LogP contribution in [0.5, 0.6) is 0 Å². The van der Waals surface area contributed by atoms with Crippen LogP contribution in [0.2, 0.25) is 0 Å². The number of hydrogen-bond acceptors (Lipinski definition) is 5. The van der Waals surface area contributed by atoms with Gasteiger partial charge in [-0.2, -0.15) is 0 Å². The highest BCUT2D eigenvalue weighted by Crippen LogP contribution is 2.23. The fourth-order valence-corrected chi connectivity index (χ4v) is 2.96. The van der Waals surface area contributed by atoms with Crippen molar-refractivity contribution in [3.8, 4) is 0 Å². The van der Waals surface area contributed by atoms with Crippen LogP contribution in [-0.2, 0) is 9.53 Å². The van der Waals surface area contributed by atoms with E-state index in [-0.39, 0.29) is 6.61 Å². The zero-order valence-corrected chi connectivity index (χ0v) is 15.0. The van der Waals surface area contributed by atoms with Gasteiger partial charge in [0.15, 0.2) is 6.61 Å². The lowest BCUT2D eigenvalue weighted by Gasteiger charge is -2.09. The summed E-state index contributed by atoms with van der Waals surface area (Å²) < 4.78 is 5.82. The summed E-state index contributed by atoms with van der Waals surface area (Å²) in [6, 6.07) is 8.83. The number of carbonyl (C=O) groups excluding carboxylic acids is 2. The van der Waals surface area contributed by atoms with Gasteiger partial charge in [-0.15, -0.1) is 11.8 Å². The molecule has 1 aromatic heterocycles. The maximum absolute atomic E-state index is 12.0. The van der Waals surface area contributed by atoms with E-state index in [1.165, 1.54) is 11.8 Å². The molecule has 23 heavy (non-hydrogen) atoms. The second-order valence-electron chi connectivity index (χ2n) is 4.67. The summed E-state index contributed by atoms with van der Waals surface area (Å²) in [7, 11) is 0. The van der Waals surface area contributed by atoms with E-state index in [9.17, 15) is 9.59 Å². The van der Waals surface area contributed by atoms with E-state index in [4.69, 9.17) is 4.74 Å². The molecule has 0 radical (unpaired) electrons. The number of amides is 1. The third-order valence-electron chi connectivity index (χ3n) is 2.92. The Kier molecular flexibility index (Phi) is 6.18. The number of aromatic nitrogens is 1. The van der Waals surface area contributed by atoms with Gasteiger partial charge in [0.1, 0.15) is 5.03 Å². The van der Waals surface area contributed by atoms with E-state index in [1.807, 2.05) is 25.3 Å². The zero-order chi connectivity index (χ0) is 16.8.